The first-order chi connectivity index (χ1) is 10.9. The van der Waals surface area contributed by atoms with Crippen molar-refractivity contribution in [2.45, 2.75) is 30.2 Å². The van der Waals surface area contributed by atoms with Crippen molar-refractivity contribution >= 4 is 32.2 Å². The fourth-order valence-electron chi connectivity index (χ4n) is 2.61. The molecule has 23 heavy (non-hydrogen) atoms. The van der Waals surface area contributed by atoms with E-state index in [4.69, 9.17) is 5.73 Å². The van der Waals surface area contributed by atoms with Crippen LogP contribution in [0, 0.1) is 10.1 Å². The number of aromatic nitrogens is 1. The van der Waals surface area contributed by atoms with Gasteiger partial charge in [-0.25, -0.2) is 18.1 Å². The number of nitro groups is 1. The maximum absolute atomic E-state index is 12.5. The zero-order valence-electron chi connectivity index (χ0n) is 11.9. The minimum absolute atomic E-state index is 0.320. The predicted molar refractivity (Wildman–Crippen MR) is 85.8 cm³/mol. The highest BCUT2D eigenvalue weighted by molar-refractivity contribution is 7.89. The molecule has 1 aliphatic carbocycles. The molecule has 0 unspecified atom stereocenters. The molecule has 10 heteroatoms. The van der Waals surface area contributed by atoms with E-state index in [1.807, 2.05) is 0 Å². The summed E-state index contributed by atoms with van der Waals surface area (Å²) in [4.78, 5) is 15.2. The quantitative estimate of drug-likeness (QED) is 0.632. The SMILES string of the molecule is Nc1nc2c(s1)C[C@@H](NS(=O)(=O)c1ccccc1[N+](=O)[O-])CC2. The van der Waals surface area contributed by atoms with Gasteiger partial charge in [-0.2, -0.15) is 0 Å². The summed E-state index contributed by atoms with van der Waals surface area (Å²) in [5.74, 6) is 0. The summed E-state index contributed by atoms with van der Waals surface area (Å²) in [7, 11) is -3.97. The number of thiazole rings is 1. The van der Waals surface area contributed by atoms with E-state index in [-0.39, 0.29) is 10.9 Å². The van der Waals surface area contributed by atoms with Gasteiger partial charge in [0, 0.05) is 23.4 Å². The second-order valence-electron chi connectivity index (χ2n) is 5.21. The molecule has 8 nitrogen and oxygen atoms in total. The van der Waals surface area contributed by atoms with E-state index in [9.17, 15) is 18.5 Å². The number of nitrogens with two attached hydrogens (primary N) is 1. The van der Waals surface area contributed by atoms with Crippen LogP contribution in [0.5, 0.6) is 0 Å². The van der Waals surface area contributed by atoms with Crippen LogP contribution in [-0.2, 0) is 22.9 Å². The van der Waals surface area contributed by atoms with Gasteiger partial charge in [0.05, 0.1) is 10.6 Å². The van der Waals surface area contributed by atoms with Gasteiger partial charge in [0.2, 0.25) is 10.0 Å². The van der Waals surface area contributed by atoms with Gasteiger partial charge >= 0.3 is 0 Å². The third kappa shape index (κ3) is 3.19. The van der Waals surface area contributed by atoms with Crippen LogP contribution in [0.15, 0.2) is 29.2 Å². The van der Waals surface area contributed by atoms with Crippen molar-refractivity contribution in [3.8, 4) is 0 Å². The number of sulfonamides is 1. The normalized spacial score (nSPS) is 17.7. The van der Waals surface area contributed by atoms with Gasteiger partial charge in [-0.1, -0.05) is 12.1 Å². The number of rotatable bonds is 4. The summed E-state index contributed by atoms with van der Waals surface area (Å²) in [6, 6.07) is 4.98. The molecule has 1 atom stereocenters. The lowest BCUT2D eigenvalue weighted by atomic mass is 9.99. The minimum Gasteiger partial charge on any atom is -0.375 e. The van der Waals surface area contributed by atoms with Gasteiger partial charge in [-0.15, -0.1) is 11.3 Å². The number of hydrogen-bond donors (Lipinski definition) is 2. The summed E-state index contributed by atoms with van der Waals surface area (Å²) in [5, 5.41) is 11.5. The molecule has 1 aliphatic rings. The van der Waals surface area contributed by atoms with E-state index in [1.165, 1.54) is 35.6 Å². The van der Waals surface area contributed by atoms with Crippen LogP contribution in [0.2, 0.25) is 0 Å². The Morgan fingerprint density at radius 2 is 2.13 bits per heavy atom. The number of para-hydroxylation sites is 1. The van der Waals surface area contributed by atoms with Crippen LogP contribution >= 0.6 is 11.3 Å². The topological polar surface area (TPSA) is 128 Å². The highest BCUT2D eigenvalue weighted by atomic mass is 32.2. The molecule has 1 aromatic carbocycles. The van der Waals surface area contributed by atoms with Crippen molar-refractivity contribution in [2.75, 3.05) is 5.73 Å². The second-order valence-corrected chi connectivity index (χ2v) is 8.01. The number of benzene rings is 1. The van der Waals surface area contributed by atoms with E-state index in [1.54, 1.807) is 0 Å². The number of nitrogens with zero attached hydrogens (tertiary/aromatic N) is 2. The number of nitro benzene ring substituents is 1. The highest BCUT2D eigenvalue weighted by Crippen LogP contribution is 2.29. The van der Waals surface area contributed by atoms with Crippen molar-refractivity contribution in [1.29, 1.82) is 0 Å². The number of aryl methyl sites for hydroxylation is 1. The third-order valence-electron chi connectivity index (χ3n) is 3.63. The maximum atomic E-state index is 12.5. The summed E-state index contributed by atoms with van der Waals surface area (Å²) >= 11 is 1.35. The molecule has 0 bridgehead atoms. The molecule has 0 fully saturated rings. The lowest BCUT2D eigenvalue weighted by Gasteiger charge is -2.22. The van der Waals surface area contributed by atoms with Gasteiger partial charge < -0.3 is 5.73 Å². The van der Waals surface area contributed by atoms with E-state index >= 15 is 0 Å². The molecular weight excluding hydrogens is 340 g/mol. The predicted octanol–water partition coefficient (Wildman–Crippen LogP) is 1.47. The lowest BCUT2D eigenvalue weighted by Crippen LogP contribution is -2.38. The van der Waals surface area contributed by atoms with Crippen LogP contribution in [-0.4, -0.2) is 24.4 Å². The zero-order valence-corrected chi connectivity index (χ0v) is 13.6. The van der Waals surface area contributed by atoms with Gasteiger partial charge in [0.15, 0.2) is 10.0 Å². The average Bonchev–Trinajstić information content (AvgIpc) is 2.86. The van der Waals surface area contributed by atoms with E-state index in [0.29, 0.717) is 24.4 Å². The number of nitrogen functional groups attached to an aromatic ring is 1. The highest BCUT2D eigenvalue weighted by Gasteiger charge is 2.30. The third-order valence-corrected chi connectivity index (χ3v) is 6.15. The first kappa shape index (κ1) is 15.8. The Balaban J connectivity index is 1.84. The van der Waals surface area contributed by atoms with Crippen molar-refractivity contribution in [1.82, 2.24) is 9.71 Å². The molecule has 0 saturated heterocycles. The molecule has 3 N–H and O–H groups in total. The van der Waals surface area contributed by atoms with E-state index in [0.717, 1.165) is 10.6 Å². The molecule has 0 spiro atoms. The smallest absolute Gasteiger partial charge is 0.289 e. The molecule has 122 valence electrons. The Bertz CT molecular complexity index is 863. The van der Waals surface area contributed by atoms with Crippen LogP contribution in [0.3, 0.4) is 0 Å². The summed E-state index contributed by atoms with van der Waals surface area (Å²) in [6.45, 7) is 0. The molecule has 1 aromatic heterocycles. The van der Waals surface area contributed by atoms with E-state index < -0.39 is 20.6 Å². The van der Waals surface area contributed by atoms with Crippen molar-refractivity contribution in [3.63, 3.8) is 0 Å². The largest absolute Gasteiger partial charge is 0.375 e. The van der Waals surface area contributed by atoms with Crippen LogP contribution in [0.4, 0.5) is 10.8 Å². The average molecular weight is 354 g/mol. The maximum Gasteiger partial charge on any atom is 0.289 e. The fraction of sp³-hybridized carbons (Fsp3) is 0.308. The Labute approximate surface area is 136 Å². The molecule has 3 rings (SSSR count). The first-order valence-corrected chi connectivity index (χ1v) is 9.16. The van der Waals surface area contributed by atoms with Crippen molar-refractivity contribution in [2.24, 2.45) is 0 Å². The Morgan fingerprint density at radius 3 is 2.87 bits per heavy atom. The number of fused-ring (bicyclic) bond motifs is 1. The Morgan fingerprint density at radius 1 is 1.39 bits per heavy atom. The monoisotopic (exact) mass is 354 g/mol. The number of hydrogen-bond acceptors (Lipinski definition) is 7. The molecule has 0 radical (unpaired) electrons. The molecule has 2 aromatic rings. The minimum atomic E-state index is -3.97. The molecular formula is C13H14N4O4S2. The van der Waals surface area contributed by atoms with Gasteiger partial charge in [0.1, 0.15) is 0 Å². The van der Waals surface area contributed by atoms with Crippen LogP contribution in [0.25, 0.3) is 0 Å². The molecule has 1 heterocycles. The fourth-order valence-corrected chi connectivity index (χ4v) is 5.01. The summed E-state index contributed by atoms with van der Waals surface area (Å²) in [6.07, 6.45) is 1.70. The van der Waals surface area contributed by atoms with Gasteiger partial charge in [-0.3, -0.25) is 10.1 Å². The number of nitrogens with one attached hydrogen (secondary N) is 1. The molecule has 0 amide bonds. The van der Waals surface area contributed by atoms with Crippen LogP contribution in [0.1, 0.15) is 17.0 Å². The zero-order chi connectivity index (χ0) is 16.6. The van der Waals surface area contributed by atoms with Crippen molar-refractivity contribution in [3.05, 3.63) is 45.0 Å². The van der Waals surface area contributed by atoms with Gasteiger partial charge in [0.25, 0.3) is 5.69 Å². The van der Waals surface area contributed by atoms with Gasteiger partial charge in [-0.05, 0) is 18.9 Å². The Hall–Kier alpha value is -2.04. The number of anilines is 1. The van der Waals surface area contributed by atoms with Crippen molar-refractivity contribution < 1.29 is 13.3 Å². The first-order valence-electron chi connectivity index (χ1n) is 6.86. The van der Waals surface area contributed by atoms with Crippen LogP contribution < -0.4 is 10.5 Å². The standard InChI is InChI=1S/C13H14N4O4S2/c14-13-15-9-6-5-8(7-11(9)22-13)16-23(20,21)12-4-2-1-3-10(12)17(18)19/h1-4,8,16H,5-7H2,(H2,14,15)/t8-/m0/s1. The lowest BCUT2D eigenvalue weighted by molar-refractivity contribution is -0.387. The molecule has 0 aliphatic heterocycles. The summed E-state index contributed by atoms with van der Waals surface area (Å²) < 4.78 is 27.5. The second kappa shape index (κ2) is 5.87. The molecule has 0 saturated carbocycles. The summed E-state index contributed by atoms with van der Waals surface area (Å²) in [5.41, 5.74) is 6.15. The Kier molecular flexibility index (Phi) is 4.04. The van der Waals surface area contributed by atoms with E-state index in [2.05, 4.69) is 9.71 Å².